The molecule has 0 aliphatic carbocycles. The Balaban J connectivity index is 2.00. The second kappa shape index (κ2) is 6.72. The lowest BCUT2D eigenvalue weighted by molar-refractivity contribution is 0.570. The van der Waals surface area contributed by atoms with Crippen LogP contribution in [0.4, 0.5) is 0 Å². The van der Waals surface area contributed by atoms with Gasteiger partial charge in [-0.2, -0.15) is 5.26 Å². The minimum atomic E-state index is -3.72. The molecule has 0 saturated carbocycles. The van der Waals surface area contributed by atoms with Gasteiger partial charge in [0.05, 0.1) is 23.0 Å². The molecule has 1 aromatic carbocycles. The summed E-state index contributed by atoms with van der Waals surface area (Å²) < 4.78 is 28.6. The first-order valence-corrected chi connectivity index (χ1v) is 8.04. The van der Waals surface area contributed by atoms with E-state index >= 15 is 0 Å². The Morgan fingerprint density at radius 3 is 2.90 bits per heavy atom. The summed E-state index contributed by atoms with van der Waals surface area (Å²) in [6.07, 6.45) is 5.76. The third-order valence-electron chi connectivity index (χ3n) is 2.79. The van der Waals surface area contributed by atoms with Crippen LogP contribution in [0.2, 0.25) is 5.02 Å². The molecule has 0 fully saturated rings. The van der Waals surface area contributed by atoms with Crippen LogP contribution in [0.15, 0.2) is 41.8 Å². The molecule has 0 aliphatic heterocycles. The van der Waals surface area contributed by atoms with Crippen molar-refractivity contribution in [2.24, 2.45) is 0 Å². The van der Waals surface area contributed by atoms with E-state index in [1.54, 1.807) is 12.5 Å². The van der Waals surface area contributed by atoms with E-state index in [-0.39, 0.29) is 22.0 Å². The summed E-state index contributed by atoms with van der Waals surface area (Å²) in [5, 5.41) is 8.92. The van der Waals surface area contributed by atoms with Crippen LogP contribution in [0.25, 0.3) is 0 Å². The molecule has 1 N–H and O–H groups in total. The van der Waals surface area contributed by atoms with Gasteiger partial charge in [-0.15, -0.1) is 0 Å². The van der Waals surface area contributed by atoms with Gasteiger partial charge in [0.25, 0.3) is 0 Å². The minimum absolute atomic E-state index is 0.0779. The van der Waals surface area contributed by atoms with Gasteiger partial charge in [0.1, 0.15) is 4.90 Å². The zero-order chi connectivity index (χ0) is 15.3. The summed E-state index contributed by atoms with van der Waals surface area (Å²) in [6, 6.07) is 6.03. The molecule has 0 spiro atoms. The molecule has 2 aromatic rings. The number of imidazole rings is 1. The molecule has 1 heterocycles. The maximum atomic E-state index is 12.2. The fourth-order valence-electron chi connectivity index (χ4n) is 1.74. The predicted octanol–water partition coefficient (Wildman–Crippen LogP) is 1.78. The Labute approximate surface area is 128 Å². The lowest BCUT2D eigenvalue weighted by atomic mass is 10.2. The van der Waals surface area contributed by atoms with Gasteiger partial charge >= 0.3 is 0 Å². The number of nitriles is 1. The number of nitrogens with one attached hydrogen (secondary N) is 1. The number of hydrogen-bond donors (Lipinski definition) is 1. The van der Waals surface area contributed by atoms with Crippen molar-refractivity contribution in [2.75, 3.05) is 6.54 Å². The first-order chi connectivity index (χ1) is 10.0. The van der Waals surface area contributed by atoms with E-state index in [9.17, 15) is 8.42 Å². The topological polar surface area (TPSA) is 87.8 Å². The highest BCUT2D eigenvalue weighted by Gasteiger charge is 2.17. The van der Waals surface area contributed by atoms with E-state index in [4.69, 9.17) is 16.9 Å². The Morgan fingerprint density at radius 2 is 2.24 bits per heavy atom. The predicted molar refractivity (Wildman–Crippen MR) is 78.2 cm³/mol. The normalized spacial score (nSPS) is 11.2. The van der Waals surface area contributed by atoms with E-state index in [0.717, 1.165) is 0 Å². The molecule has 6 nitrogen and oxygen atoms in total. The summed E-state index contributed by atoms with van der Waals surface area (Å²) in [5.41, 5.74) is 0.248. The third kappa shape index (κ3) is 4.04. The van der Waals surface area contributed by atoms with Gasteiger partial charge in [0.2, 0.25) is 10.0 Å². The molecule has 0 bridgehead atoms. The van der Waals surface area contributed by atoms with Crippen molar-refractivity contribution in [1.29, 1.82) is 5.26 Å². The van der Waals surface area contributed by atoms with Gasteiger partial charge < -0.3 is 4.57 Å². The number of rotatable bonds is 6. The van der Waals surface area contributed by atoms with E-state index in [1.165, 1.54) is 18.2 Å². The Bertz CT molecular complexity index is 751. The highest BCUT2D eigenvalue weighted by atomic mass is 35.5. The average molecular weight is 325 g/mol. The molecule has 110 valence electrons. The summed E-state index contributed by atoms with van der Waals surface area (Å²) in [4.78, 5) is 3.83. The zero-order valence-corrected chi connectivity index (χ0v) is 12.6. The van der Waals surface area contributed by atoms with E-state index < -0.39 is 10.0 Å². The van der Waals surface area contributed by atoms with Crippen molar-refractivity contribution in [2.45, 2.75) is 17.9 Å². The zero-order valence-electron chi connectivity index (χ0n) is 11.0. The summed E-state index contributed by atoms with van der Waals surface area (Å²) in [6.45, 7) is 0.933. The molecule has 0 atom stereocenters. The molecule has 1 aromatic heterocycles. The van der Waals surface area contributed by atoms with Crippen LogP contribution in [0.3, 0.4) is 0 Å². The highest BCUT2D eigenvalue weighted by molar-refractivity contribution is 7.89. The maximum Gasteiger partial charge on any atom is 0.242 e. The van der Waals surface area contributed by atoms with Gasteiger partial charge in [-0.25, -0.2) is 18.1 Å². The molecule has 0 aliphatic rings. The molecule has 21 heavy (non-hydrogen) atoms. The lowest BCUT2D eigenvalue weighted by Gasteiger charge is -2.09. The second-order valence-electron chi connectivity index (χ2n) is 4.31. The third-order valence-corrected chi connectivity index (χ3v) is 4.74. The Kier molecular flexibility index (Phi) is 4.96. The van der Waals surface area contributed by atoms with Crippen LogP contribution in [-0.2, 0) is 16.6 Å². The minimum Gasteiger partial charge on any atom is -0.337 e. The Morgan fingerprint density at radius 1 is 1.43 bits per heavy atom. The van der Waals surface area contributed by atoms with Crippen LogP contribution < -0.4 is 4.72 Å². The first kappa shape index (κ1) is 15.5. The van der Waals surface area contributed by atoms with Crippen LogP contribution >= 0.6 is 11.6 Å². The SMILES string of the molecule is N#Cc1ccc(Cl)c(S(=O)(=O)NCCCn2ccnc2)c1. The number of nitrogens with zero attached hydrogens (tertiary/aromatic N) is 3. The molecule has 0 unspecified atom stereocenters. The first-order valence-electron chi connectivity index (χ1n) is 6.18. The van der Waals surface area contributed by atoms with Crippen molar-refractivity contribution in [3.8, 4) is 6.07 Å². The summed E-state index contributed by atoms with van der Waals surface area (Å²) in [5.74, 6) is 0. The van der Waals surface area contributed by atoms with Crippen molar-refractivity contribution >= 4 is 21.6 Å². The Hall–Kier alpha value is -1.88. The van der Waals surface area contributed by atoms with Crippen molar-refractivity contribution in [3.63, 3.8) is 0 Å². The van der Waals surface area contributed by atoms with E-state index in [1.807, 2.05) is 16.8 Å². The monoisotopic (exact) mass is 324 g/mol. The molecular formula is C13H13ClN4O2S. The standard InChI is InChI=1S/C13H13ClN4O2S/c14-12-3-2-11(9-15)8-13(12)21(19,20)17-4-1-6-18-7-5-16-10-18/h2-3,5,7-8,10,17H,1,4,6H2. The van der Waals surface area contributed by atoms with Crippen LogP contribution in [-0.4, -0.2) is 24.5 Å². The van der Waals surface area contributed by atoms with Gasteiger partial charge in [0, 0.05) is 25.5 Å². The average Bonchev–Trinajstić information content (AvgIpc) is 2.97. The fourth-order valence-corrected chi connectivity index (χ4v) is 3.34. The van der Waals surface area contributed by atoms with Gasteiger partial charge in [-0.1, -0.05) is 11.6 Å². The van der Waals surface area contributed by atoms with Crippen LogP contribution in [0.1, 0.15) is 12.0 Å². The van der Waals surface area contributed by atoms with Crippen molar-refractivity contribution in [1.82, 2.24) is 14.3 Å². The van der Waals surface area contributed by atoms with Gasteiger partial charge in [-0.3, -0.25) is 0 Å². The number of aromatic nitrogens is 2. The molecule has 0 amide bonds. The number of halogens is 1. The molecule has 8 heteroatoms. The second-order valence-corrected chi connectivity index (χ2v) is 6.45. The number of benzene rings is 1. The maximum absolute atomic E-state index is 12.2. The summed E-state index contributed by atoms with van der Waals surface area (Å²) in [7, 11) is -3.72. The van der Waals surface area contributed by atoms with Gasteiger partial charge in [0.15, 0.2) is 0 Å². The quantitative estimate of drug-likeness (QED) is 0.820. The number of aryl methyl sites for hydroxylation is 1. The smallest absolute Gasteiger partial charge is 0.242 e. The highest BCUT2D eigenvalue weighted by Crippen LogP contribution is 2.22. The lowest BCUT2D eigenvalue weighted by Crippen LogP contribution is -2.25. The van der Waals surface area contributed by atoms with Crippen molar-refractivity contribution in [3.05, 3.63) is 47.5 Å². The fraction of sp³-hybridized carbons (Fsp3) is 0.231. The number of hydrogen-bond acceptors (Lipinski definition) is 4. The van der Waals surface area contributed by atoms with E-state index in [2.05, 4.69) is 9.71 Å². The number of sulfonamides is 1. The molecular weight excluding hydrogens is 312 g/mol. The molecule has 0 radical (unpaired) electrons. The van der Waals surface area contributed by atoms with Crippen LogP contribution in [0, 0.1) is 11.3 Å². The molecule has 0 saturated heterocycles. The van der Waals surface area contributed by atoms with Gasteiger partial charge in [-0.05, 0) is 24.6 Å². The largest absolute Gasteiger partial charge is 0.337 e. The van der Waals surface area contributed by atoms with E-state index in [0.29, 0.717) is 13.0 Å². The molecule has 2 rings (SSSR count). The summed E-state index contributed by atoms with van der Waals surface area (Å²) >= 11 is 5.89. The van der Waals surface area contributed by atoms with Crippen molar-refractivity contribution < 1.29 is 8.42 Å². The van der Waals surface area contributed by atoms with Crippen LogP contribution in [0.5, 0.6) is 0 Å².